The van der Waals surface area contributed by atoms with Crippen LogP contribution >= 0.6 is 0 Å². The van der Waals surface area contributed by atoms with Gasteiger partial charge in [0.05, 0.1) is 18.8 Å². The molecule has 1 saturated carbocycles. The van der Waals surface area contributed by atoms with Gasteiger partial charge in [0.2, 0.25) is 0 Å². The van der Waals surface area contributed by atoms with E-state index in [4.69, 9.17) is 4.74 Å². The van der Waals surface area contributed by atoms with Crippen molar-refractivity contribution in [2.24, 2.45) is 5.92 Å². The van der Waals surface area contributed by atoms with Crippen molar-refractivity contribution in [3.05, 3.63) is 22.4 Å². The van der Waals surface area contributed by atoms with E-state index in [9.17, 15) is 4.79 Å². The van der Waals surface area contributed by atoms with E-state index in [1.807, 2.05) is 4.68 Å². The maximum Gasteiger partial charge on any atom is 0.262 e. The van der Waals surface area contributed by atoms with Gasteiger partial charge < -0.3 is 9.72 Å². The van der Waals surface area contributed by atoms with Gasteiger partial charge in [-0.2, -0.15) is 5.10 Å². The average Bonchev–Trinajstić information content (AvgIpc) is 3.16. The SMILES string of the molecule is O=c1[nH]c(CC2CC2)nc2c1cnn2C1CCCOC1. The lowest BCUT2D eigenvalue weighted by Crippen LogP contribution is -2.23. The Hall–Kier alpha value is -1.69. The minimum absolute atomic E-state index is 0.0753. The van der Waals surface area contributed by atoms with Gasteiger partial charge in [-0.05, 0) is 31.6 Å². The van der Waals surface area contributed by atoms with Gasteiger partial charge >= 0.3 is 0 Å². The van der Waals surface area contributed by atoms with E-state index in [1.165, 1.54) is 12.8 Å². The maximum atomic E-state index is 12.1. The smallest absolute Gasteiger partial charge is 0.262 e. The number of aromatic nitrogens is 4. The molecule has 2 aliphatic rings. The first kappa shape index (κ1) is 12.1. The molecule has 0 aromatic carbocycles. The predicted molar refractivity (Wildman–Crippen MR) is 73.7 cm³/mol. The Morgan fingerprint density at radius 3 is 3.05 bits per heavy atom. The van der Waals surface area contributed by atoms with Crippen LogP contribution in [0.25, 0.3) is 11.0 Å². The third-order valence-corrected chi connectivity index (χ3v) is 4.17. The van der Waals surface area contributed by atoms with Crippen LogP contribution in [0.1, 0.15) is 37.5 Å². The molecular formula is C14H18N4O2. The van der Waals surface area contributed by atoms with E-state index in [0.29, 0.717) is 23.6 Å². The molecule has 1 saturated heterocycles. The number of aromatic amines is 1. The molecule has 106 valence electrons. The quantitative estimate of drug-likeness (QED) is 0.918. The van der Waals surface area contributed by atoms with Crippen molar-refractivity contribution < 1.29 is 4.74 Å². The zero-order valence-corrected chi connectivity index (χ0v) is 11.3. The molecule has 0 spiro atoms. The van der Waals surface area contributed by atoms with Crippen molar-refractivity contribution in [1.82, 2.24) is 19.7 Å². The van der Waals surface area contributed by atoms with Crippen LogP contribution in [-0.4, -0.2) is 33.0 Å². The summed E-state index contributed by atoms with van der Waals surface area (Å²) in [6, 6.07) is 0.198. The third kappa shape index (κ3) is 2.14. The van der Waals surface area contributed by atoms with Gasteiger partial charge in [-0.3, -0.25) is 4.79 Å². The molecule has 1 N–H and O–H groups in total. The Morgan fingerprint density at radius 1 is 1.40 bits per heavy atom. The van der Waals surface area contributed by atoms with Gasteiger partial charge in [0, 0.05) is 13.0 Å². The van der Waals surface area contributed by atoms with Crippen molar-refractivity contribution in [3.8, 4) is 0 Å². The maximum absolute atomic E-state index is 12.1. The number of nitrogens with one attached hydrogen (secondary N) is 1. The normalized spacial score (nSPS) is 23.3. The highest BCUT2D eigenvalue weighted by atomic mass is 16.5. The van der Waals surface area contributed by atoms with Crippen LogP contribution in [0.15, 0.2) is 11.0 Å². The summed E-state index contributed by atoms with van der Waals surface area (Å²) in [4.78, 5) is 19.6. The number of rotatable bonds is 3. The monoisotopic (exact) mass is 274 g/mol. The second-order valence-electron chi connectivity index (χ2n) is 5.86. The Bertz CT molecular complexity index is 680. The second kappa shape index (κ2) is 4.70. The fourth-order valence-corrected chi connectivity index (χ4v) is 2.86. The van der Waals surface area contributed by atoms with Crippen molar-refractivity contribution >= 4 is 11.0 Å². The Morgan fingerprint density at radius 2 is 2.30 bits per heavy atom. The summed E-state index contributed by atoms with van der Waals surface area (Å²) in [6.45, 7) is 1.47. The standard InChI is InChI=1S/C14H18N4O2/c19-14-11-7-15-18(10-2-1-5-20-8-10)13(11)16-12(17-14)6-9-3-4-9/h7,9-10H,1-6,8H2,(H,16,17,19). The molecule has 4 rings (SSSR count). The van der Waals surface area contributed by atoms with Crippen LogP contribution in [0, 0.1) is 5.92 Å². The molecule has 6 heteroatoms. The van der Waals surface area contributed by atoms with Gasteiger partial charge in [0.1, 0.15) is 11.2 Å². The lowest BCUT2D eigenvalue weighted by atomic mass is 10.1. The summed E-state index contributed by atoms with van der Waals surface area (Å²) in [5, 5.41) is 4.95. The molecule has 2 fully saturated rings. The number of hydrogen-bond acceptors (Lipinski definition) is 4. The predicted octanol–water partition coefficient (Wildman–Crippen LogP) is 1.42. The van der Waals surface area contributed by atoms with E-state index in [2.05, 4.69) is 15.1 Å². The van der Waals surface area contributed by atoms with Crippen LogP contribution in [0.4, 0.5) is 0 Å². The molecule has 20 heavy (non-hydrogen) atoms. The van der Waals surface area contributed by atoms with Crippen LogP contribution in [0.5, 0.6) is 0 Å². The molecule has 0 radical (unpaired) electrons. The van der Waals surface area contributed by atoms with Gasteiger partial charge in [-0.25, -0.2) is 9.67 Å². The molecule has 1 aliphatic carbocycles. The molecule has 0 amide bonds. The van der Waals surface area contributed by atoms with Gasteiger partial charge in [0.15, 0.2) is 5.65 Å². The van der Waals surface area contributed by atoms with E-state index in [1.54, 1.807) is 6.20 Å². The Balaban J connectivity index is 1.76. The highest BCUT2D eigenvalue weighted by Gasteiger charge is 2.24. The minimum Gasteiger partial charge on any atom is -0.379 e. The summed E-state index contributed by atoms with van der Waals surface area (Å²) in [7, 11) is 0. The third-order valence-electron chi connectivity index (χ3n) is 4.17. The first-order valence-electron chi connectivity index (χ1n) is 7.35. The van der Waals surface area contributed by atoms with Crippen molar-refractivity contribution in [3.63, 3.8) is 0 Å². The molecule has 2 aromatic heterocycles. The van der Waals surface area contributed by atoms with Gasteiger partial charge in [0.25, 0.3) is 5.56 Å². The van der Waals surface area contributed by atoms with Crippen LogP contribution in [0.2, 0.25) is 0 Å². The average molecular weight is 274 g/mol. The topological polar surface area (TPSA) is 72.8 Å². The fraction of sp³-hybridized carbons (Fsp3) is 0.643. The molecule has 1 atom stereocenters. The lowest BCUT2D eigenvalue weighted by molar-refractivity contribution is 0.0563. The summed E-state index contributed by atoms with van der Waals surface area (Å²) < 4.78 is 7.39. The summed E-state index contributed by atoms with van der Waals surface area (Å²) in [6.07, 6.45) is 7.05. The number of ether oxygens (including phenoxy) is 1. The number of H-pyrrole nitrogens is 1. The van der Waals surface area contributed by atoms with Crippen LogP contribution < -0.4 is 5.56 Å². The molecule has 3 heterocycles. The molecular weight excluding hydrogens is 256 g/mol. The van der Waals surface area contributed by atoms with Gasteiger partial charge in [-0.15, -0.1) is 0 Å². The number of fused-ring (bicyclic) bond motifs is 1. The Labute approximate surface area is 116 Å². The van der Waals surface area contributed by atoms with Crippen molar-refractivity contribution in [2.75, 3.05) is 13.2 Å². The highest BCUT2D eigenvalue weighted by Crippen LogP contribution is 2.31. The first-order valence-corrected chi connectivity index (χ1v) is 7.35. The van der Waals surface area contributed by atoms with E-state index >= 15 is 0 Å². The molecule has 1 aliphatic heterocycles. The van der Waals surface area contributed by atoms with Gasteiger partial charge in [-0.1, -0.05) is 0 Å². The largest absolute Gasteiger partial charge is 0.379 e. The van der Waals surface area contributed by atoms with Crippen molar-refractivity contribution in [2.45, 2.75) is 38.1 Å². The van der Waals surface area contributed by atoms with E-state index in [0.717, 1.165) is 31.7 Å². The lowest BCUT2D eigenvalue weighted by Gasteiger charge is -2.22. The van der Waals surface area contributed by atoms with Crippen molar-refractivity contribution in [1.29, 1.82) is 0 Å². The first-order chi connectivity index (χ1) is 9.81. The number of hydrogen-bond donors (Lipinski definition) is 1. The second-order valence-corrected chi connectivity index (χ2v) is 5.86. The zero-order valence-electron chi connectivity index (χ0n) is 11.3. The molecule has 2 aromatic rings. The molecule has 0 bridgehead atoms. The fourth-order valence-electron chi connectivity index (χ4n) is 2.86. The highest BCUT2D eigenvalue weighted by molar-refractivity contribution is 5.73. The Kier molecular flexibility index (Phi) is 2.84. The zero-order chi connectivity index (χ0) is 13.5. The van der Waals surface area contributed by atoms with Crippen LogP contribution in [0.3, 0.4) is 0 Å². The summed E-state index contributed by atoms with van der Waals surface area (Å²) >= 11 is 0. The minimum atomic E-state index is -0.0753. The number of nitrogens with zero attached hydrogens (tertiary/aromatic N) is 3. The van der Waals surface area contributed by atoms with E-state index in [-0.39, 0.29) is 11.6 Å². The molecule has 6 nitrogen and oxygen atoms in total. The van der Waals surface area contributed by atoms with E-state index < -0.39 is 0 Å². The summed E-state index contributed by atoms with van der Waals surface area (Å²) in [5.74, 6) is 1.49. The molecule has 1 unspecified atom stereocenters. The summed E-state index contributed by atoms with van der Waals surface area (Å²) in [5.41, 5.74) is 0.633. The van der Waals surface area contributed by atoms with Crippen LogP contribution in [-0.2, 0) is 11.2 Å².